The number of benzene rings is 2. The van der Waals surface area contributed by atoms with E-state index in [0.717, 1.165) is 37.4 Å². The molecule has 3 rings (SSSR count). The lowest BCUT2D eigenvalue weighted by Crippen LogP contribution is -2.28. The number of hydrogen-bond donors (Lipinski definition) is 0. The van der Waals surface area contributed by atoms with Crippen LogP contribution in [0.5, 0.6) is 5.75 Å². The molecule has 0 radical (unpaired) electrons. The Bertz CT molecular complexity index is 1400. The highest BCUT2D eigenvalue weighted by atomic mass is 35.5. The summed E-state index contributed by atoms with van der Waals surface area (Å²) in [5.74, 6) is -1.89. The van der Waals surface area contributed by atoms with E-state index in [1.165, 1.54) is 13.0 Å². The fourth-order valence-electron chi connectivity index (χ4n) is 3.08. The van der Waals surface area contributed by atoms with Gasteiger partial charge in [0, 0.05) is 17.0 Å². The second-order valence-corrected chi connectivity index (χ2v) is 8.76. The van der Waals surface area contributed by atoms with Crippen molar-refractivity contribution in [1.29, 1.82) is 0 Å². The number of pyridine rings is 1. The van der Waals surface area contributed by atoms with Crippen molar-refractivity contribution in [1.82, 2.24) is 4.98 Å². The summed E-state index contributed by atoms with van der Waals surface area (Å²) in [5, 5.41) is -0.652. The van der Waals surface area contributed by atoms with Crippen molar-refractivity contribution in [3.05, 3.63) is 58.1 Å². The van der Waals surface area contributed by atoms with Crippen LogP contribution in [-0.4, -0.2) is 32.0 Å². The molecule has 3 aromatic rings. The average Bonchev–Trinajstić information content (AvgIpc) is 2.72. The number of carbonyl (C=O) groups excluding carboxylic acids is 1. The van der Waals surface area contributed by atoms with E-state index >= 15 is 0 Å². The summed E-state index contributed by atoms with van der Waals surface area (Å²) >= 11 is 5.90. The molecule has 0 spiro atoms. The Morgan fingerprint density at radius 2 is 1.71 bits per heavy atom. The van der Waals surface area contributed by atoms with Crippen LogP contribution in [0, 0.1) is 6.92 Å². The Kier molecular flexibility index (Phi) is 6.48. The van der Waals surface area contributed by atoms with Crippen LogP contribution in [-0.2, 0) is 21.0 Å². The maximum Gasteiger partial charge on any atom is 0.534 e. The largest absolute Gasteiger partial charge is 0.534 e. The normalized spacial score (nSPS) is 12.6. The Hall–Kier alpha value is -3.06. The third kappa shape index (κ3) is 4.75. The number of alkyl halides is 6. The van der Waals surface area contributed by atoms with Gasteiger partial charge in [0.15, 0.2) is 5.75 Å². The molecule has 0 saturated heterocycles. The summed E-state index contributed by atoms with van der Waals surface area (Å²) < 4.78 is 109. The average molecular weight is 528 g/mol. The lowest BCUT2D eigenvalue weighted by Gasteiger charge is -2.16. The molecule has 0 aliphatic heterocycles. The van der Waals surface area contributed by atoms with Gasteiger partial charge in [-0.25, -0.2) is 9.78 Å². The number of ether oxygens (including phenoxy) is 1. The van der Waals surface area contributed by atoms with E-state index in [4.69, 9.17) is 16.3 Å². The molecule has 0 fully saturated rings. The topological polar surface area (TPSA) is 82.6 Å². The second-order valence-electron chi connectivity index (χ2n) is 6.81. The Balaban J connectivity index is 2.33. The van der Waals surface area contributed by atoms with Crippen LogP contribution < -0.4 is 4.18 Å². The van der Waals surface area contributed by atoms with E-state index in [-0.39, 0.29) is 33.3 Å². The van der Waals surface area contributed by atoms with E-state index in [1.807, 2.05) is 0 Å². The van der Waals surface area contributed by atoms with Gasteiger partial charge in [0.1, 0.15) is 0 Å². The van der Waals surface area contributed by atoms with E-state index in [2.05, 4.69) is 9.17 Å². The van der Waals surface area contributed by atoms with Gasteiger partial charge in [-0.2, -0.15) is 34.8 Å². The Labute approximate surface area is 193 Å². The number of carbonyl (C=O) groups is 1. The minimum atomic E-state index is -6.09. The molecule has 1 aromatic heterocycles. The molecule has 34 heavy (non-hydrogen) atoms. The zero-order valence-corrected chi connectivity index (χ0v) is 18.6. The Morgan fingerprint density at radius 1 is 1.06 bits per heavy atom. The highest BCUT2D eigenvalue weighted by molar-refractivity contribution is 7.88. The summed E-state index contributed by atoms with van der Waals surface area (Å²) in [6.07, 6.45) is -4.69. The molecule has 14 heteroatoms. The molecular weight excluding hydrogens is 516 g/mol. The first-order valence-corrected chi connectivity index (χ1v) is 10.8. The van der Waals surface area contributed by atoms with Crippen molar-refractivity contribution in [2.24, 2.45) is 0 Å². The number of methoxy groups -OCH3 is 1. The Morgan fingerprint density at radius 3 is 2.26 bits per heavy atom. The fourth-order valence-corrected chi connectivity index (χ4v) is 3.80. The van der Waals surface area contributed by atoms with Gasteiger partial charge < -0.3 is 8.92 Å². The first-order valence-electron chi connectivity index (χ1n) is 8.97. The predicted molar refractivity (Wildman–Crippen MR) is 109 cm³/mol. The number of aromatic nitrogens is 1. The number of fused-ring (bicyclic) bond motifs is 1. The van der Waals surface area contributed by atoms with Crippen molar-refractivity contribution in [2.75, 3.05) is 7.11 Å². The SMILES string of the molecule is COC(=O)c1c(C)c(-c2cccc(C(F)(F)F)c2)nc2cc(OS(=O)(=O)C(F)(F)F)c(Cl)cc12. The number of nitrogens with zero attached hydrogens (tertiary/aromatic N) is 1. The number of esters is 1. The van der Waals surface area contributed by atoms with E-state index < -0.39 is 44.1 Å². The molecule has 0 bridgehead atoms. The maximum atomic E-state index is 13.2. The van der Waals surface area contributed by atoms with Gasteiger partial charge >= 0.3 is 27.8 Å². The van der Waals surface area contributed by atoms with Gasteiger partial charge in [0.2, 0.25) is 0 Å². The van der Waals surface area contributed by atoms with Crippen LogP contribution in [0.25, 0.3) is 22.2 Å². The molecule has 0 aliphatic carbocycles. The fraction of sp³-hybridized carbons (Fsp3) is 0.200. The molecule has 0 N–H and O–H groups in total. The van der Waals surface area contributed by atoms with Gasteiger partial charge in [-0.05, 0) is 30.7 Å². The van der Waals surface area contributed by atoms with E-state index in [0.29, 0.717) is 0 Å². The standard InChI is InChI=1S/C20H12ClF6NO5S/c1-9-16(18(29)32-2)12-7-13(21)15(33-34(30,31)20(25,26)27)8-14(12)28-17(9)10-4-3-5-11(6-10)19(22,23)24/h3-8H,1-2H3. The molecule has 2 aromatic carbocycles. The lowest BCUT2D eigenvalue weighted by molar-refractivity contribution is -0.137. The molecular formula is C20H12ClF6NO5S. The number of halogens is 7. The second kappa shape index (κ2) is 8.62. The van der Waals surface area contributed by atoms with Gasteiger partial charge in [-0.15, -0.1) is 0 Å². The van der Waals surface area contributed by atoms with Crippen molar-refractivity contribution in [2.45, 2.75) is 18.6 Å². The van der Waals surface area contributed by atoms with Crippen LogP contribution in [0.1, 0.15) is 21.5 Å². The van der Waals surface area contributed by atoms with Gasteiger partial charge in [0.05, 0.1) is 34.5 Å². The van der Waals surface area contributed by atoms with E-state index in [1.54, 1.807) is 0 Å². The van der Waals surface area contributed by atoms with Crippen molar-refractivity contribution < 1.29 is 48.5 Å². The molecule has 0 saturated carbocycles. The summed E-state index contributed by atoms with van der Waals surface area (Å²) in [6, 6.07) is 5.63. The summed E-state index contributed by atoms with van der Waals surface area (Å²) in [7, 11) is -5.06. The molecule has 6 nitrogen and oxygen atoms in total. The smallest absolute Gasteiger partial charge is 0.465 e. The number of hydrogen-bond acceptors (Lipinski definition) is 6. The first-order chi connectivity index (χ1) is 15.6. The molecule has 0 atom stereocenters. The molecule has 0 amide bonds. The van der Waals surface area contributed by atoms with Crippen LogP contribution in [0.15, 0.2) is 36.4 Å². The molecule has 0 unspecified atom stereocenters. The maximum absolute atomic E-state index is 13.2. The van der Waals surface area contributed by atoms with Crippen LogP contribution >= 0.6 is 11.6 Å². The van der Waals surface area contributed by atoms with Crippen LogP contribution in [0.4, 0.5) is 26.3 Å². The minimum absolute atomic E-state index is 0.0539. The lowest BCUT2D eigenvalue weighted by atomic mass is 9.96. The van der Waals surface area contributed by atoms with Gasteiger partial charge in [-0.3, -0.25) is 0 Å². The van der Waals surface area contributed by atoms with Crippen molar-refractivity contribution in [3.63, 3.8) is 0 Å². The minimum Gasteiger partial charge on any atom is -0.465 e. The summed E-state index contributed by atoms with van der Waals surface area (Å²) in [4.78, 5) is 16.6. The molecule has 1 heterocycles. The predicted octanol–water partition coefficient (Wildman–Crippen LogP) is 5.90. The zero-order chi connectivity index (χ0) is 25.6. The van der Waals surface area contributed by atoms with E-state index in [9.17, 15) is 39.6 Å². The third-order valence-electron chi connectivity index (χ3n) is 4.62. The highest BCUT2D eigenvalue weighted by Gasteiger charge is 2.49. The van der Waals surface area contributed by atoms with Crippen LogP contribution in [0.2, 0.25) is 5.02 Å². The van der Waals surface area contributed by atoms with Crippen molar-refractivity contribution in [3.8, 4) is 17.0 Å². The first kappa shape index (κ1) is 25.6. The molecule has 182 valence electrons. The number of rotatable bonds is 4. The van der Waals surface area contributed by atoms with Gasteiger partial charge in [0.25, 0.3) is 0 Å². The third-order valence-corrected chi connectivity index (χ3v) is 5.88. The van der Waals surface area contributed by atoms with Crippen LogP contribution in [0.3, 0.4) is 0 Å². The molecule has 0 aliphatic rings. The summed E-state index contributed by atoms with van der Waals surface area (Å²) in [6.45, 7) is 1.38. The quantitative estimate of drug-likeness (QED) is 0.182. The monoisotopic (exact) mass is 527 g/mol. The van der Waals surface area contributed by atoms with Gasteiger partial charge in [-0.1, -0.05) is 23.7 Å². The summed E-state index contributed by atoms with van der Waals surface area (Å²) in [5.41, 5.74) is -7.35. The van der Waals surface area contributed by atoms with Crippen molar-refractivity contribution >= 4 is 38.6 Å². The zero-order valence-electron chi connectivity index (χ0n) is 17.0. The highest BCUT2D eigenvalue weighted by Crippen LogP contribution is 2.39.